The van der Waals surface area contributed by atoms with Crippen LogP contribution in [0.2, 0.25) is 0 Å². The van der Waals surface area contributed by atoms with E-state index in [1.54, 1.807) is 7.11 Å². The van der Waals surface area contributed by atoms with E-state index in [1.807, 2.05) is 18.2 Å². The monoisotopic (exact) mass is 138 g/mol. The van der Waals surface area contributed by atoms with Crippen LogP contribution in [0.4, 0.5) is 0 Å². The molecule has 54 valence electrons. The first kappa shape index (κ1) is 4.78. The van der Waals surface area contributed by atoms with Crippen molar-refractivity contribution in [2.24, 2.45) is 0 Å². The molecule has 1 rings (SSSR count). The first-order valence-corrected chi connectivity index (χ1v) is 3.05. The van der Waals surface area contributed by atoms with Crippen LogP contribution in [0.15, 0.2) is 18.2 Å². The van der Waals surface area contributed by atoms with Crippen LogP contribution < -0.4 is 4.74 Å². The Hall–Kier alpha value is -0.980. The van der Waals surface area contributed by atoms with Crippen molar-refractivity contribution < 1.29 is 7.48 Å². The summed E-state index contributed by atoms with van der Waals surface area (Å²) in [6.07, 6.45) is 0. The van der Waals surface area contributed by atoms with Crippen molar-refractivity contribution in [3.8, 4) is 5.75 Å². The molecule has 1 aromatic rings. The number of ether oxygens (including phenoxy) is 1. The van der Waals surface area contributed by atoms with Gasteiger partial charge in [0.25, 0.3) is 0 Å². The van der Waals surface area contributed by atoms with Gasteiger partial charge in [-0.25, -0.2) is 0 Å². The maximum absolute atomic E-state index is 7.17. The average molecular weight is 138 g/mol. The molecular weight excluding hydrogens is 124 g/mol. The second kappa shape index (κ2) is 2.74. The van der Waals surface area contributed by atoms with Gasteiger partial charge in [0.2, 0.25) is 0 Å². The van der Waals surface area contributed by atoms with Crippen molar-refractivity contribution in [2.45, 2.75) is 13.8 Å². The molecule has 0 aliphatic rings. The summed E-state index contributed by atoms with van der Waals surface area (Å²) in [5.74, 6) is 0.738. The second-order valence-electron chi connectivity index (χ2n) is 2.19. The van der Waals surface area contributed by atoms with E-state index in [0.29, 0.717) is 0 Å². The van der Waals surface area contributed by atoms with E-state index in [0.717, 1.165) is 16.9 Å². The summed E-state index contributed by atoms with van der Waals surface area (Å²) >= 11 is 0. The largest absolute Gasteiger partial charge is 0.497 e. The maximum Gasteiger partial charge on any atom is 0.119 e. The third-order valence-electron chi connectivity index (χ3n) is 1.26. The van der Waals surface area contributed by atoms with Crippen LogP contribution >= 0.6 is 0 Å². The molecule has 0 atom stereocenters. The SMILES string of the molecule is [2H]Cc1cc(C[2H])cc(OC)c1. The van der Waals surface area contributed by atoms with Gasteiger partial charge >= 0.3 is 0 Å². The van der Waals surface area contributed by atoms with Gasteiger partial charge in [0.15, 0.2) is 0 Å². The molecule has 0 aromatic heterocycles. The molecule has 0 saturated heterocycles. The summed E-state index contributed by atoms with van der Waals surface area (Å²) in [6.45, 7) is 0.481. The molecule has 0 aliphatic heterocycles. The third kappa shape index (κ3) is 1.50. The van der Waals surface area contributed by atoms with E-state index >= 15 is 0 Å². The van der Waals surface area contributed by atoms with Gasteiger partial charge in [-0.15, -0.1) is 0 Å². The molecule has 0 aliphatic carbocycles. The number of methoxy groups -OCH3 is 1. The Morgan fingerprint density at radius 3 is 2.20 bits per heavy atom. The normalized spacial score (nSPS) is 12.1. The van der Waals surface area contributed by atoms with Gasteiger partial charge in [0.1, 0.15) is 5.75 Å². The fourth-order valence-corrected chi connectivity index (χ4v) is 0.846. The smallest absolute Gasteiger partial charge is 0.119 e. The fourth-order valence-electron chi connectivity index (χ4n) is 0.846. The third-order valence-corrected chi connectivity index (χ3v) is 1.26. The molecule has 0 spiro atoms. The van der Waals surface area contributed by atoms with Crippen LogP contribution in [0.3, 0.4) is 0 Å². The van der Waals surface area contributed by atoms with Crippen molar-refractivity contribution in [1.82, 2.24) is 0 Å². The average Bonchev–Trinajstić information content (AvgIpc) is 2.16. The molecule has 0 unspecified atom stereocenters. The highest BCUT2D eigenvalue weighted by Gasteiger charge is 1.92. The number of rotatable bonds is 1. The predicted octanol–water partition coefficient (Wildman–Crippen LogP) is 2.31. The van der Waals surface area contributed by atoms with E-state index < -0.39 is 0 Å². The highest BCUT2D eigenvalue weighted by Crippen LogP contribution is 2.14. The molecule has 0 saturated carbocycles. The predicted molar refractivity (Wildman–Crippen MR) is 42.5 cm³/mol. The molecular formula is C9H12O. The Labute approximate surface area is 64.4 Å². The lowest BCUT2D eigenvalue weighted by Gasteiger charge is -2.01. The minimum absolute atomic E-state index is 0.240. The first-order chi connectivity index (χ1) is 5.80. The van der Waals surface area contributed by atoms with E-state index in [4.69, 9.17) is 7.48 Å². The lowest BCUT2D eigenvalue weighted by molar-refractivity contribution is 0.414. The minimum Gasteiger partial charge on any atom is -0.497 e. The standard InChI is InChI=1S/C9H12O/c1-7-4-8(2)6-9(5-7)10-3/h4-6H,1-3H3/i1D,2D. The van der Waals surface area contributed by atoms with Crippen LogP contribution in [0.25, 0.3) is 0 Å². The molecule has 1 heteroatoms. The van der Waals surface area contributed by atoms with Gasteiger partial charge in [-0.1, -0.05) is 6.07 Å². The maximum atomic E-state index is 7.17. The Balaban J connectivity index is 3.01. The summed E-state index contributed by atoms with van der Waals surface area (Å²) in [5.41, 5.74) is 1.80. The zero-order valence-corrected chi connectivity index (χ0v) is 6.05. The zero-order valence-electron chi connectivity index (χ0n) is 8.05. The van der Waals surface area contributed by atoms with Crippen LogP contribution in [0, 0.1) is 13.8 Å². The number of benzene rings is 1. The highest BCUT2D eigenvalue weighted by atomic mass is 16.5. The zero-order chi connectivity index (χ0) is 8.97. The molecule has 0 radical (unpaired) electrons. The quantitative estimate of drug-likeness (QED) is 0.578. The first-order valence-electron chi connectivity index (χ1n) is 4.47. The van der Waals surface area contributed by atoms with Crippen molar-refractivity contribution in [3.63, 3.8) is 0 Å². The van der Waals surface area contributed by atoms with Gasteiger partial charge < -0.3 is 4.74 Å². The van der Waals surface area contributed by atoms with Crippen molar-refractivity contribution in [1.29, 1.82) is 0 Å². The van der Waals surface area contributed by atoms with E-state index in [1.165, 1.54) is 0 Å². The summed E-state index contributed by atoms with van der Waals surface area (Å²) in [4.78, 5) is 0. The number of hydrogen-bond acceptors (Lipinski definition) is 1. The highest BCUT2D eigenvalue weighted by molar-refractivity contribution is 5.32. The number of aryl methyl sites for hydroxylation is 2. The summed E-state index contributed by atoms with van der Waals surface area (Å²) in [7, 11) is 1.59. The fraction of sp³-hybridized carbons (Fsp3) is 0.333. The van der Waals surface area contributed by atoms with Gasteiger partial charge in [0, 0.05) is 2.74 Å². The van der Waals surface area contributed by atoms with Gasteiger partial charge in [-0.3, -0.25) is 0 Å². The van der Waals surface area contributed by atoms with E-state index in [-0.39, 0.29) is 13.8 Å². The molecule has 0 N–H and O–H groups in total. The van der Waals surface area contributed by atoms with Gasteiger partial charge in [0.05, 0.1) is 7.11 Å². The minimum atomic E-state index is 0.240. The van der Waals surface area contributed by atoms with Crippen LogP contribution in [0.5, 0.6) is 5.75 Å². The summed E-state index contributed by atoms with van der Waals surface area (Å²) in [6, 6.07) is 5.51. The number of hydrogen-bond donors (Lipinski definition) is 0. The van der Waals surface area contributed by atoms with Crippen LogP contribution in [0.1, 0.15) is 13.9 Å². The molecule has 0 fully saturated rings. The van der Waals surface area contributed by atoms with E-state index in [9.17, 15) is 0 Å². The van der Waals surface area contributed by atoms with E-state index in [2.05, 4.69) is 0 Å². The van der Waals surface area contributed by atoms with Gasteiger partial charge in [-0.2, -0.15) is 0 Å². The van der Waals surface area contributed by atoms with Gasteiger partial charge in [-0.05, 0) is 37.1 Å². The van der Waals surface area contributed by atoms with Crippen LogP contribution in [-0.2, 0) is 0 Å². The Bertz CT molecular complexity index is 205. The summed E-state index contributed by atoms with van der Waals surface area (Å²) < 4.78 is 19.4. The molecule has 1 aromatic carbocycles. The molecule has 1 nitrogen and oxygen atoms in total. The summed E-state index contributed by atoms with van der Waals surface area (Å²) in [5, 5.41) is 0. The second-order valence-corrected chi connectivity index (χ2v) is 2.19. The Morgan fingerprint density at radius 2 is 1.80 bits per heavy atom. The van der Waals surface area contributed by atoms with Crippen molar-refractivity contribution >= 4 is 0 Å². The van der Waals surface area contributed by atoms with Crippen molar-refractivity contribution in [3.05, 3.63) is 29.3 Å². The van der Waals surface area contributed by atoms with Crippen molar-refractivity contribution in [2.75, 3.05) is 7.11 Å². The lowest BCUT2D eigenvalue weighted by atomic mass is 10.1. The Kier molecular flexibility index (Phi) is 1.31. The lowest BCUT2D eigenvalue weighted by Crippen LogP contribution is -1.84. The molecule has 0 amide bonds. The molecule has 10 heavy (non-hydrogen) atoms. The Morgan fingerprint density at radius 1 is 1.20 bits per heavy atom. The molecule has 0 heterocycles. The van der Waals surface area contributed by atoms with Crippen LogP contribution in [-0.4, -0.2) is 7.11 Å². The molecule has 0 bridgehead atoms. The topological polar surface area (TPSA) is 9.23 Å².